The molecule has 2 rings (SSSR count). The first kappa shape index (κ1) is 14.0. The maximum atomic E-state index is 11.5. The molecule has 1 aromatic carbocycles. The second-order valence-corrected chi connectivity index (χ2v) is 6.29. The summed E-state index contributed by atoms with van der Waals surface area (Å²) in [7, 11) is 0. The molecule has 4 nitrogen and oxygen atoms in total. The van der Waals surface area contributed by atoms with Gasteiger partial charge in [0.05, 0.1) is 15.0 Å². The van der Waals surface area contributed by atoms with Gasteiger partial charge in [0.25, 0.3) is 0 Å². The zero-order valence-corrected chi connectivity index (χ0v) is 12.5. The van der Waals surface area contributed by atoms with E-state index in [0.717, 1.165) is 14.4 Å². The van der Waals surface area contributed by atoms with E-state index in [2.05, 4.69) is 26.2 Å². The Morgan fingerprint density at radius 1 is 1.37 bits per heavy atom. The summed E-state index contributed by atoms with van der Waals surface area (Å²) in [4.78, 5) is 15.6. The average Bonchev–Trinajstić information content (AvgIpc) is 2.83. The third kappa shape index (κ3) is 5.00. The Bertz CT molecular complexity index is 530. The number of aromatic nitrogens is 1. The summed E-state index contributed by atoms with van der Waals surface area (Å²) >= 11 is 4.91. The van der Waals surface area contributed by atoms with Crippen molar-refractivity contribution in [2.45, 2.75) is 13.0 Å². The van der Waals surface area contributed by atoms with Crippen molar-refractivity contribution in [3.05, 3.63) is 50.9 Å². The molecule has 0 unspecified atom stereocenters. The van der Waals surface area contributed by atoms with Crippen LogP contribution < -0.4 is 5.32 Å². The Morgan fingerprint density at radius 2 is 2.16 bits per heavy atom. The van der Waals surface area contributed by atoms with Crippen LogP contribution in [0.4, 0.5) is 4.79 Å². The van der Waals surface area contributed by atoms with E-state index in [1.54, 1.807) is 17.5 Å². The zero-order valence-electron chi connectivity index (χ0n) is 10.1. The number of hydrogen-bond donors (Lipinski definition) is 1. The summed E-state index contributed by atoms with van der Waals surface area (Å²) in [5.74, 6) is 0. The molecule has 1 N–H and O–H groups in total. The number of alkyl carbamates (subject to hydrolysis) is 1. The van der Waals surface area contributed by atoms with Gasteiger partial charge in [-0.3, -0.25) is 0 Å². The van der Waals surface area contributed by atoms with Crippen LogP contribution in [0.2, 0.25) is 0 Å². The number of hydrogen-bond acceptors (Lipinski definition) is 4. The molecular formula is C13H13BrN2O2S. The molecule has 0 aliphatic heterocycles. The molecule has 0 radical (unpaired) electrons. The summed E-state index contributed by atoms with van der Waals surface area (Å²) in [6.45, 7) is 0.809. The van der Waals surface area contributed by atoms with Crippen molar-refractivity contribution in [1.82, 2.24) is 10.3 Å². The van der Waals surface area contributed by atoms with E-state index in [-0.39, 0.29) is 6.61 Å². The summed E-state index contributed by atoms with van der Waals surface area (Å²) < 4.78 is 6.09. The van der Waals surface area contributed by atoms with Gasteiger partial charge in [-0.2, -0.15) is 0 Å². The van der Waals surface area contributed by atoms with Crippen molar-refractivity contribution in [3.63, 3.8) is 0 Å². The third-order valence-electron chi connectivity index (χ3n) is 2.35. The minimum atomic E-state index is -0.403. The Labute approximate surface area is 124 Å². The van der Waals surface area contributed by atoms with Crippen molar-refractivity contribution in [3.8, 4) is 0 Å². The van der Waals surface area contributed by atoms with Gasteiger partial charge in [0.15, 0.2) is 0 Å². The molecule has 19 heavy (non-hydrogen) atoms. The molecule has 1 heterocycles. The fourth-order valence-electron chi connectivity index (χ4n) is 1.45. The van der Waals surface area contributed by atoms with Crippen molar-refractivity contribution in [2.24, 2.45) is 0 Å². The highest BCUT2D eigenvalue weighted by atomic mass is 79.9. The van der Waals surface area contributed by atoms with Crippen molar-refractivity contribution < 1.29 is 9.53 Å². The SMILES string of the molecule is O=C(NCCc1ncc(Br)s1)OCc1ccccc1. The number of benzene rings is 1. The van der Waals surface area contributed by atoms with E-state index in [9.17, 15) is 4.79 Å². The molecular weight excluding hydrogens is 328 g/mol. The molecule has 0 atom stereocenters. The number of halogens is 1. The first-order chi connectivity index (χ1) is 9.24. The van der Waals surface area contributed by atoms with Gasteiger partial charge in [-0.15, -0.1) is 11.3 Å². The number of nitrogens with one attached hydrogen (secondary N) is 1. The fraction of sp³-hybridized carbons (Fsp3) is 0.231. The quantitative estimate of drug-likeness (QED) is 0.907. The molecule has 0 saturated heterocycles. The summed E-state index contributed by atoms with van der Waals surface area (Å²) in [5.41, 5.74) is 0.974. The van der Waals surface area contributed by atoms with Gasteiger partial charge < -0.3 is 10.1 Å². The molecule has 1 aromatic heterocycles. The lowest BCUT2D eigenvalue weighted by Gasteiger charge is -2.06. The Kier molecular flexibility index (Phi) is 5.35. The van der Waals surface area contributed by atoms with Crippen LogP contribution in [0.5, 0.6) is 0 Å². The molecule has 0 aliphatic carbocycles. The molecule has 0 spiro atoms. The van der Waals surface area contributed by atoms with Crippen LogP contribution in [0.15, 0.2) is 40.3 Å². The number of ether oxygens (including phenoxy) is 1. The average molecular weight is 341 g/mol. The summed E-state index contributed by atoms with van der Waals surface area (Å²) in [6.07, 6.45) is 2.06. The minimum Gasteiger partial charge on any atom is -0.445 e. The van der Waals surface area contributed by atoms with Crippen molar-refractivity contribution in [1.29, 1.82) is 0 Å². The number of carbonyl (C=O) groups excluding carboxylic acids is 1. The maximum Gasteiger partial charge on any atom is 0.407 e. The van der Waals surface area contributed by atoms with Gasteiger partial charge in [-0.05, 0) is 21.5 Å². The maximum absolute atomic E-state index is 11.5. The lowest BCUT2D eigenvalue weighted by atomic mass is 10.2. The molecule has 0 bridgehead atoms. The van der Waals surface area contributed by atoms with Gasteiger partial charge in [0.1, 0.15) is 6.61 Å². The van der Waals surface area contributed by atoms with Crippen LogP contribution in [0.25, 0.3) is 0 Å². The number of thiazole rings is 1. The molecule has 0 aliphatic rings. The molecule has 100 valence electrons. The minimum absolute atomic E-state index is 0.287. The van der Waals surface area contributed by atoms with Crippen LogP contribution in [-0.4, -0.2) is 17.6 Å². The molecule has 0 fully saturated rings. The van der Waals surface area contributed by atoms with Gasteiger partial charge >= 0.3 is 6.09 Å². The number of carbonyl (C=O) groups is 1. The van der Waals surface area contributed by atoms with Crippen molar-refractivity contribution >= 4 is 33.4 Å². The Hall–Kier alpha value is -1.40. The number of amides is 1. The van der Waals surface area contributed by atoms with Gasteiger partial charge in [0.2, 0.25) is 0 Å². The second kappa shape index (κ2) is 7.25. The largest absolute Gasteiger partial charge is 0.445 e. The number of nitrogens with zero attached hydrogens (tertiary/aromatic N) is 1. The molecule has 1 amide bonds. The van der Waals surface area contributed by atoms with E-state index in [1.165, 1.54) is 0 Å². The topological polar surface area (TPSA) is 51.2 Å². The van der Waals surface area contributed by atoms with E-state index in [4.69, 9.17) is 4.74 Å². The highest BCUT2D eigenvalue weighted by Gasteiger charge is 2.04. The predicted molar refractivity (Wildman–Crippen MR) is 78.1 cm³/mol. The van der Waals surface area contributed by atoms with E-state index in [1.807, 2.05) is 30.3 Å². The highest BCUT2D eigenvalue weighted by Crippen LogP contribution is 2.18. The normalized spacial score (nSPS) is 10.2. The van der Waals surface area contributed by atoms with Gasteiger partial charge in [0, 0.05) is 13.0 Å². The first-order valence-electron chi connectivity index (χ1n) is 5.79. The van der Waals surface area contributed by atoms with Crippen LogP contribution in [0, 0.1) is 0 Å². The lowest BCUT2D eigenvalue weighted by molar-refractivity contribution is 0.140. The smallest absolute Gasteiger partial charge is 0.407 e. The van der Waals surface area contributed by atoms with E-state index in [0.29, 0.717) is 13.0 Å². The fourth-order valence-corrected chi connectivity index (χ4v) is 2.75. The van der Waals surface area contributed by atoms with Crippen LogP contribution in [-0.2, 0) is 17.8 Å². The monoisotopic (exact) mass is 340 g/mol. The van der Waals surface area contributed by atoms with E-state index >= 15 is 0 Å². The number of rotatable bonds is 5. The Balaban J connectivity index is 1.65. The standard InChI is InChI=1S/C13H13BrN2O2S/c14-11-8-16-12(19-11)6-7-15-13(17)18-9-10-4-2-1-3-5-10/h1-5,8H,6-7,9H2,(H,15,17). The van der Waals surface area contributed by atoms with Crippen LogP contribution in [0.1, 0.15) is 10.6 Å². The second-order valence-electron chi connectivity index (χ2n) is 3.80. The Morgan fingerprint density at radius 3 is 2.84 bits per heavy atom. The van der Waals surface area contributed by atoms with Crippen LogP contribution >= 0.6 is 27.3 Å². The molecule has 0 saturated carbocycles. The third-order valence-corrected chi connectivity index (χ3v) is 3.88. The van der Waals surface area contributed by atoms with Crippen LogP contribution in [0.3, 0.4) is 0 Å². The van der Waals surface area contributed by atoms with Gasteiger partial charge in [-0.25, -0.2) is 9.78 Å². The zero-order chi connectivity index (χ0) is 13.5. The molecule has 2 aromatic rings. The summed E-state index contributed by atoms with van der Waals surface area (Å²) in [6, 6.07) is 9.59. The highest BCUT2D eigenvalue weighted by molar-refractivity contribution is 9.11. The summed E-state index contributed by atoms with van der Waals surface area (Å²) in [5, 5.41) is 3.68. The van der Waals surface area contributed by atoms with Crippen molar-refractivity contribution in [2.75, 3.05) is 6.54 Å². The lowest BCUT2D eigenvalue weighted by Crippen LogP contribution is -2.26. The van der Waals surface area contributed by atoms with E-state index < -0.39 is 6.09 Å². The predicted octanol–water partition coefficient (Wildman–Crippen LogP) is 3.37. The molecule has 6 heteroatoms. The first-order valence-corrected chi connectivity index (χ1v) is 7.40. The van der Waals surface area contributed by atoms with Gasteiger partial charge in [-0.1, -0.05) is 30.3 Å².